The second kappa shape index (κ2) is 4.52. The smallest absolute Gasteiger partial charge is 0.306 e. The first kappa shape index (κ1) is 11.1. The maximum atomic E-state index is 10.3. The monoisotopic (exact) mass is 215 g/mol. The van der Waals surface area contributed by atoms with E-state index in [0.717, 1.165) is 5.01 Å². The third-order valence-corrected chi connectivity index (χ3v) is 2.91. The average molecular weight is 215 g/mol. The van der Waals surface area contributed by atoms with Crippen LogP contribution in [0.5, 0.6) is 0 Å². The van der Waals surface area contributed by atoms with Crippen LogP contribution in [-0.2, 0) is 4.79 Å². The van der Waals surface area contributed by atoms with Gasteiger partial charge < -0.3 is 10.2 Å². The fraction of sp³-hybridized carbons (Fsp3) is 0.556. The van der Waals surface area contributed by atoms with Gasteiger partial charge >= 0.3 is 5.97 Å². The predicted octanol–water partition coefficient (Wildman–Crippen LogP) is 1.77. The lowest BCUT2D eigenvalue weighted by Crippen LogP contribution is -2.05. The van der Waals surface area contributed by atoms with Crippen LogP contribution in [0.25, 0.3) is 0 Å². The fourth-order valence-corrected chi connectivity index (χ4v) is 1.87. The van der Waals surface area contributed by atoms with Crippen LogP contribution in [0.2, 0.25) is 0 Å². The van der Waals surface area contributed by atoms with E-state index in [1.54, 1.807) is 5.38 Å². The summed E-state index contributed by atoms with van der Waals surface area (Å²) in [4.78, 5) is 14.5. The molecule has 1 atom stereocenters. The summed E-state index contributed by atoms with van der Waals surface area (Å²) in [6, 6.07) is 0. The molecule has 0 fully saturated rings. The Kier molecular flexibility index (Phi) is 3.60. The maximum absolute atomic E-state index is 10.3. The molecule has 0 amide bonds. The number of thiazole rings is 1. The molecule has 5 heteroatoms. The van der Waals surface area contributed by atoms with Gasteiger partial charge in [0, 0.05) is 11.3 Å². The Morgan fingerprint density at radius 1 is 1.64 bits per heavy atom. The number of rotatable bonds is 4. The summed E-state index contributed by atoms with van der Waals surface area (Å²) in [6.07, 6.45) is -1.28. The van der Waals surface area contributed by atoms with Gasteiger partial charge in [0.05, 0.1) is 17.1 Å². The van der Waals surface area contributed by atoms with Crippen LogP contribution in [-0.4, -0.2) is 21.2 Å². The summed E-state index contributed by atoms with van der Waals surface area (Å²) in [5.74, 6) is -0.706. The Balaban J connectivity index is 2.71. The minimum Gasteiger partial charge on any atom is -0.481 e. The minimum atomic E-state index is -1.02. The number of aliphatic hydroxyl groups excluding tert-OH is 1. The van der Waals surface area contributed by atoms with Crippen LogP contribution >= 0.6 is 11.3 Å². The lowest BCUT2D eigenvalue weighted by Gasteiger charge is -2.03. The Bertz CT molecular complexity index is 322. The second-order valence-corrected chi connectivity index (χ2v) is 4.27. The van der Waals surface area contributed by atoms with Crippen LogP contribution in [0.1, 0.15) is 43.0 Å². The van der Waals surface area contributed by atoms with Gasteiger partial charge in [-0.1, -0.05) is 13.8 Å². The highest BCUT2D eigenvalue weighted by atomic mass is 32.1. The summed E-state index contributed by atoms with van der Waals surface area (Å²) >= 11 is 1.45. The van der Waals surface area contributed by atoms with Crippen molar-refractivity contribution in [3.8, 4) is 0 Å². The molecular weight excluding hydrogens is 202 g/mol. The van der Waals surface area contributed by atoms with Gasteiger partial charge in [-0.15, -0.1) is 11.3 Å². The largest absolute Gasteiger partial charge is 0.481 e. The van der Waals surface area contributed by atoms with Crippen molar-refractivity contribution in [2.24, 2.45) is 0 Å². The number of carbonyl (C=O) groups is 1. The molecule has 0 bridgehead atoms. The van der Waals surface area contributed by atoms with E-state index in [1.807, 2.05) is 13.8 Å². The van der Waals surface area contributed by atoms with E-state index in [0.29, 0.717) is 11.6 Å². The predicted molar refractivity (Wildman–Crippen MR) is 53.4 cm³/mol. The molecule has 1 aromatic rings. The number of carboxylic acids is 1. The fourth-order valence-electron chi connectivity index (χ4n) is 0.989. The molecule has 78 valence electrons. The number of aromatic nitrogens is 1. The molecule has 1 heterocycles. The molecule has 1 rings (SSSR count). The molecule has 4 nitrogen and oxygen atoms in total. The van der Waals surface area contributed by atoms with Gasteiger partial charge in [-0.25, -0.2) is 4.98 Å². The Morgan fingerprint density at radius 3 is 2.71 bits per heavy atom. The Labute approximate surface area is 86.2 Å². The van der Waals surface area contributed by atoms with Crippen molar-refractivity contribution >= 4 is 17.3 Å². The van der Waals surface area contributed by atoms with Gasteiger partial charge in [0.15, 0.2) is 0 Å². The zero-order valence-corrected chi connectivity index (χ0v) is 8.91. The van der Waals surface area contributed by atoms with E-state index in [-0.39, 0.29) is 6.42 Å². The number of aliphatic carboxylic acids is 1. The van der Waals surface area contributed by atoms with E-state index in [4.69, 9.17) is 5.11 Å². The van der Waals surface area contributed by atoms with Crippen molar-refractivity contribution in [1.82, 2.24) is 4.98 Å². The Hall–Kier alpha value is -0.940. The lowest BCUT2D eigenvalue weighted by atomic mass is 10.2. The summed E-state index contributed by atoms with van der Waals surface area (Å²) in [6.45, 7) is 4.01. The van der Waals surface area contributed by atoms with Crippen molar-refractivity contribution in [2.45, 2.75) is 32.3 Å². The van der Waals surface area contributed by atoms with Crippen molar-refractivity contribution in [3.05, 3.63) is 16.1 Å². The van der Waals surface area contributed by atoms with E-state index in [2.05, 4.69) is 4.98 Å². The molecule has 0 aliphatic rings. The van der Waals surface area contributed by atoms with E-state index in [1.165, 1.54) is 11.3 Å². The number of aliphatic hydroxyl groups is 1. The quantitative estimate of drug-likeness (QED) is 0.803. The first-order valence-corrected chi connectivity index (χ1v) is 5.24. The molecule has 0 aliphatic heterocycles. The van der Waals surface area contributed by atoms with Gasteiger partial charge in [-0.05, 0) is 0 Å². The molecule has 0 radical (unpaired) electrons. The highest BCUT2D eigenvalue weighted by molar-refractivity contribution is 7.09. The molecule has 1 aromatic heterocycles. The lowest BCUT2D eigenvalue weighted by molar-refractivity contribution is -0.139. The van der Waals surface area contributed by atoms with Crippen LogP contribution in [0.4, 0.5) is 0 Å². The molecule has 0 aromatic carbocycles. The van der Waals surface area contributed by atoms with Crippen molar-refractivity contribution < 1.29 is 15.0 Å². The molecule has 0 saturated heterocycles. The standard InChI is InChI=1S/C9H13NO3S/c1-5(2)9-10-6(4-14-9)7(11)3-8(12)13/h4-5,7,11H,3H2,1-2H3,(H,12,13). The minimum absolute atomic E-state index is 0.290. The SMILES string of the molecule is CC(C)c1nc(C(O)CC(=O)O)cs1. The molecule has 0 saturated carbocycles. The van der Waals surface area contributed by atoms with Crippen LogP contribution in [0.15, 0.2) is 5.38 Å². The highest BCUT2D eigenvalue weighted by Crippen LogP contribution is 2.24. The molecule has 14 heavy (non-hydrogen) atoms. The van der Waals surface area contributed by atoms with Crippen LogP contribution < -0.4 is 0 Å². The molecule has 2 N–H and O–H groups in total. The van der Waals surface area contributed by atoms with Crippen LogP contribution in [0, 0.1) is 0 Å². The number of nitrogens with zero attached hydrogens (tertiary/aromatic N) is 1. The van der Waals surface area contributed by atoms with Gasteiger partial charge in [0.2, 0.25) is 0 Å². The van der Waals surface area contributed by atoms with Gasteiger partial charge in [0.1, 0.15) is 6.10 Å². The van der Waals surface area contributed by atoms with Gasteiger partial charge in [0.25, 0.3) is 0 Å². The van der Waals surface area contributed by atoms with Gasteiger partial charge in [-0.3, -0.25) is 4.79 Å². The molecule has 0 aliphatic carbocycles. The maximum Gasteiger partial charge on any atom is 0.306 e. The zero-order valence-electron chi connectivity index (χ0n) is 8.10. The summed E-state index contributed by atoms with van der Waals surface area (Å²) in [5.41, 5.74) is 0.459. The van der Waals surface area contributed by atoms with Crippen molar-refractivity contribution in [1.29, 1.82) is 0 Å². The third-order valence-electron chi connectivity index (χ3n) is 1.74. The van der Waals surface area contributed by atoms with Crippen LogP contribution in [0.3, 0.4) is 0 Å². The van der Waals surface area contributed by atoms with E-state index in [9.17, 15) is 9.90 Å². The Morgan fingerprint density at radius 2 is 2.29 bits per heavy atom. The van der Waals surface area contributed by atoms with Crippen molar-refractivity contribution in [3.63, 3.8) is 0 Å². The highest BCUT2D eigenvalue weighted by Gasteiger charge is 2.16. The summed E-state index contributed by atoms with van der Waals surface area (Å²) < 4.78 is 0. The van der Waals surface area contributed by atoms with Gasteiger partial charge in [-0.2, -0.15) is 0 Å². The first-order chi connectivity index (χ1) is 6.50. The summed E-state index contributed by atoms with van der Waals surface area (Å²) in [5, 5.41) is 20.6. The van der Waals surface area contributed by atoms with E-state index < -0.39 is 12.1 Å². The molecule has 1 unspecified atom stereocenters. The first-order valence-electron chi connectivity index (χ1n) is 4.36. The normalized spacial score (nSPS) is 13.1. The number of carboxylic acid groups (broad SMARTS) is 1. The number of hydrogen-bond donors (Lipinski definition) is 2. The summed E-state index contributed by atoms with van der Waals surface area (Å²) in [7, 11) is 0. The average Bonchev–Trinajstić information content (AvgIpc) is 2.50. The molecule has 0 spiro atoms. The third kappa shape index (κ3) is 2.78. The molecular formula is C9H13NO3S. The van der Waals surface area contributed by atoms with E-state index >= 15 is 0 Å². The second-order valence-electron chi connectivity index (χ2n) is 3.38. The number of hydrogen-bond acceptors (Lipinski definition) is 4. The van der Waals surface area contributed by atoms with Crippen molar-refractivity contribution in [2.75, 3.05) is 0 Å². The zero-order chi connectivity index (χ0) is 10.7. The topological polar surface area (TPSA) is 70.4 Å².